The average Bonchev–Trinajstić information content (AvgIpc) is 2.77. The van der Waals surface area contributed by atoms with E-state index < -0.39 is 23.6 Å². The summed E-state index contributed by atoms with van der Waals surface area (Å²) in [5.74, 6) is -0.998. The molecule has 1 aliphatic rings. The molecule has 4 nitrogen and oxygen atoms in total. The Balaban J connectivity index is 1.76. The first-order valence-electron chi connectivity index (χ1n) is 6.60. The highest BCUT2D eigenvalue weighted by atomic mass is 35.5. The number of thioether (sulfide) groups is 1. The predicted molar refractivity (Wildman–Crippen MR) is 81.9 cm³/mol. The van der Waals surface area contributed by atoms with Gasteiger partial charge in [-0.25, -0.2) is 4.98 Å². The van der Waals surface area contributed by atoms with Crippen molar-refractivity contribution in [2.75, 3.05) is 5.88 Å². The monoisotopic (exact) mass is 372 g/mol. The minimum absolute atomic E-state index is 0.0928. The van der Waals surface area contributed by atoms with E-state index in [1.807, 2.05) is 0 Å². The molecule has 2 amide bonds. The van der Waals surface area contributed by atoms with E-state index in [0.717, 1.165) is 22.7 Å². The third kappa shape index (κ3) is 2.99. The van der Waals surface area contributed by atoms with Gasteiger partial charge in [0.2, 0.25) is 0 Å². The van der Waals surface area contributed by atoms with E-state index in [4.69, 9.17) is 11.6 Å². The van der Waals surface area contributed by atoms with Crippen molar-refractivity contribution >= 4 is 35.2 Å². The first-order chi connectivity index (χ1) is 11.3. The van der Waals surface area contributed by atoms with Crippen LogP contribution in [0.3, 0.4) is 0 Å². The molecule has 0 fully saturated rings. The summed E-state index contributed by atoms with van der Waals surface area (Å²) in [5.41, 5.74) is -0.360. The molecular formula is C15H8ClF3N2O2S. The number of hydrogen-bond acceptors (Lipinski definition) is 4. The van der Waals surface area contributed by atoms with E-state index in [1.165, 1.54) is 0 Å². The molecule has 0 aliphatic carbocycles. The minimum atomic E-state index is -4.54. The van der Waals surface area contributed by atoms with Gasteiger partial charge in [0.1, 0.15) is 5.03 Å². The van der Waals surface area contributed by atoms with Crippen molar-refractivity contribution in [3.8, 4) is 0 Å². The van der Waals surface area contributed by atoms with Crippen LogP contribution in [0.5, 0.6) is 0 Å². The van der Waals surface area contributed by atoms with Crippen LogP contribution in [0.1, 0.15) is 26.3 Å². The summed E-state index contributed by atoms with van der Waals surface area (Å²) in [7, 11) is 0. The average molecular weight is 373 g/mol. The SMILES string of the molecule is O=C1c2ccccc2C(=O)N1CSc1ncc(C(F)(F)F)cc1Cl. The molecule has 24 heavy (non-hydrogen) atoms. The summed E-state index contributed by atoms with van der Waals surface area (Å²) in [6.07, 6.45) is -3.88. The second kappa shape index (κ2) is 6.10. The summed E-state index contributed by atoms with van der Waals surface area (Å²) in [6.45, 7) is 0. The van der Waals surface area contributed by atoms with Crippen molar-refractivity contribution < 1.29 is 22.8 Å². The molecule has 0 N–H and O–H groups in total. The lowest BCUT2D eigenvalue weighted by Gasteiger charge is -2.14. The molecule has 0 radical (unpaired) electrons. The minimum Gasteiger partial charge on any atom is -0.269 e. The van der Waals surface area contributed by atoms with Gasteiger partial charge in [0.15, 0.2) is 0 Å². The van der Waals surface area contributed by atoms with Crippen LogP contribution >= 0.6 is 23.4 Å². The topological polar surface area (TPSA) is 50.3 Å². The molecule has 124 valence electrons. The summed E-state index contributed by atoms with van der Waals surface area (Å²) >= 11 is 6.73. The first kappa shape index (κ1) is 16.8. The summed E-state index contributed by atoms with van der Waals surface area (Å²) in [6, 6.07) is 7.15. The number of alkyl halides is 3. The van der Waals surface area contributed by atoms with Gasteiger partial charge in [-0.15, -0.1) is 0 Å². The van der Waals surface area contributed by atoms with Crippen LogP contribution in [0.4, 0.5) is 13.2 Å². The number of rotatable bonds is 3. The van der Waals surface area contributed by atoms with Crippen molar-refractivity contribution in [1.82, 2.24) is 9.88 Å². The fourth-order valence-corrected chi connectivity index (χ4v) is 3.31. The van der Waals surface area contributed by atoms with Gasteiger partial charge in [-0.2, -0.15) is 13.2 Å². The molecule has 0 spiro atoms. The highest BCUT2D eigenvalue weighted by Crippen LogP contribution is 2.34. The number of imide groups is 1. The zero-order valence-corrected chi connectivity index (χ0v) is 13.4. The van der Waals surface area contributed by atoms with Crippen LogP contribution in [0.2, 0.25) is 5.02 Å². The predicted octanol–water partition coefficient (Wildman–Crippen LogP) is 4.10. The number of halogens is 4. The summed E-state index contributed by atoms with van der Waals surface area (Å²) in [5, 5.41) is -0.0762. The summed E-state index contributed by atoms with van der Waals surface area (Å²) in [4.78, 5) is 29.0. The first-order valence-corrected chi connectivity index (χ1v) is 7.96. The van der Waals surface area contributed by atoms with Gasteiger partial charge >= 0.3 is 6.18 Å². The van der Waals surface area contributed by atoms with Crippen molar-refractivity contribution in [2.24, 2.45) is 0 Å². The fourth-order valence-electron chi connectivity index (χ4n) is 2.17. The number of fused-ring (bicyclic) bond motifs is 1. The Morgan fingerprint density at radius 3 is 2.21 bits per heavy atom. The molecule has 1 aromatic carbocycles. The molecule has 2 heterocycles. The number of hydrogen-bond donors (Lipinski definition) is 0. The Hall–Kier alpha value is -2.06. The van der Waals surface area contributed by atoms with Crippen LogP contribution in [-0.4, -0.2) is 27.6 Å². The number of carbonyl (C=O) groups excluding carboxylic acids is 2. The zero-order valence-electron chi connectivity index (χ0n) is 11.8. The van der Waals surface area contributed by atoms with Crippen LogP contribution in [0.25, 0.3) is 0 Å². The molecule has 0 unspecified atom stereocenters. The second-order valence-corrected chi connectivity index (χ2v) is 6.21. The maximum atomic E-state index is 12.6. The van der Waals surface area contributed by atoms with Gasteiger partial charge in [0.25, 0.3) is 11.8 Å². The summed E-state index contributed by atoms with van der Waals surface area (Å²) < 4.78 is 37.7. The Kier molecular flexibility index (Phi) is 4.27. The smallest absolute Gasteiger partial charge is 0.269 e. The van der Waals surface area contributed by atoms with E-state index in [0.29, 0.717) is 17.3 Å². The second-order valence-electron chi connectivity index (χ2n) is 4.87. The lowest BCUT2D eigenvalue weighted by molar-refractivity contribution is -0.137. The molecule has 0 bridgehead atoms. The number of amides is 2. The number of nitrogens with zero attached hydrogens (tertiary/aromatic N) is 2. The van der Waals surface area contributed by atoms with Crippen LogP contribution in [-0.2, 0) is 6.18 Å². The van der Waals surface area contributed by atoms with Gasteiger partial charge in [-0.05, 0) is 18.2 Å². The molecule has 0 saturated heterocycles. The fraction of sp³-hybridized carbons (Fsp3) is 0.133. The van der Waals surface area contributed by atoms with Crippen LogP contribution in [0, 0.1) is 0 Å². The van der Waals surface area contributed by atoms with Crippen molar-refractivity contribution in [3.63, 3.8) is 0 Å². The molecule has 0 saturated carbocycles. The number of carbonyl (C=O) groups is 2. The van der Waals surface area contributed by atoms with Gasteiger partial charge in [-0.3, -0.25) is 14.5 Å². The Morgan fingerprint density at radius 2 is 1.71 bits per heavy atom. The number of benzene rings is 1. The highest BCUT2D eigenvalue weighted by molar-refractivity contribution is 7.99. The lowest BCUT2D eigenvalue weighted by atomic mass is 10.1. The van der Waals surface area contributed by atoms with Crippen molar-refractivity contribution in [1.29, 1.82) is 0 Å². The third-order valence-electron chi connectivity index (χ3n) is 3.34. The highest BCUT2D eigenvalue weighted by Gasteiger charge is 2.35. The van der Waals surface area contributed by atoms with E-state index in [1.54, 1.807) is 24.3 Å². The van der Waals surface area contributed by atoms with E-state index in [-0.39, 0.29) is 15.9 Å². The standard InChI is InChI=1S/C15H8ClF3N2O2S/c16-11-5-8(15(17,18)19)6-20-12(11)24-7-21-13(22)9-3-1-2-4-10(9)14(21)23/h1-6H,7H2. The zero-order chi connectivity index (χ0) is 17.5. The van der Waals surface area contributed by atoms with E-state index in [2.05, 4.69) is 4.98 Å². The van der Waals surface area contributed by atoms with Crippen molar-refractivity contribution in [2.45, 2.75) is 11.2 Å². The maximum Gasteiger partial charge on any atom is 0.417 e. The Labute approximate surface area is 143 Å². The van der Waals surface area contributed by atoms with Gasteiger partial charge < -0.3 is 0 Å². The molecule has 3 rings (SSSR count). The van der Waals surface area contributed by atoms with Crippen molar-refractivity contribution in [3.05, 3.63) is 58.2 Å². The van der Waals surface area contributed by atoms with Gasteiger partial charge in [0.05, 0.1) is 27.6 Å². The quantitative estimate of drug-likeness (QED) is 0.601. The lowest BCUT2D eigenvalue weighted by Crippen LogP contribution is -2.29. The molecule has 2 aromatic rings. The molecule has 9 heteroatoms. The number of pyridine rings is 1. The normalized spacial score (nSPS) is 14.2. The van der Waals surface area contributed by atoms with Gasteiger partial charge in [0, 0.05) is 6.20 Å². The number of aromatic nitrogens is 1. The van der Waals surface area contributed by atoms with Crippen LogP contribution < -0.4 is 0 Å². The Bertz CT molecular complexity index is 807. The Morgan fingerprint density at radius 1 is 1.12 bits per heavy atom. The molecular weight excluding hydrogens is 365 g/mol. The van der Waals surface area contributed by atoms with E-state index in [9.17, 15) is 22.8 Å². The molecule has 1 aliphatic heterocycles. The maximum absolute atomic E-state index is 12.6. The van der Waals surface area contributed by atoms with Gasteiger partial charge in [-0.1, -0.05) is 35.5 Å². The third-order valence-corrected chi connectivity index (χ3v) is 4.73. The van der Waals surface area contributed by atoms with Crippen LogP contribution in [0.15, 0.2) is 41.6 Å². The largest absolute Gasteiger partial charge is 0.417 e. The molecule has 0 atom stereocenters. The van der Waals surface area contributed by atoms with E-state index >= 15 is 0 Å². The molecule has 1 aromatic heterocycles.